The molecule has 1 aliphatic heterocycles. The standard InChI is InChI=1S/C27H34N4O3S2/c1-17-9-10-19(18(2)14-17)31-26-23(25(29-31)27(3,4)5)24(20-8-7-13-35-20)36-16-22(33)30(26)15-21(32)28-11-12-34-6/h7-10,13-14,24H,11-12,15-16H2,1-6H3,(H,28,32)/t24-/m1/s1. The SMILES string of the molecule is COCCNC(=O)CN1C(=O)CS[C@H](c2cccs2)c2c(C(C)(C)C)nn(-c3ccc(C)cc3C)c21. The van der Waals surface area contributed by atoms with Gasteiger partial charge in [0.1, 0.15) is 12.4 Å². The predicted molar refractivity (Wildman–Crippen MR) is 148 cm³/mol. The summed E-state index contributed by atoms with van der Waals surface area (Å²) < 4.78 is 6.95. The van der Waals surface area contributed by atoms with Gasteiger partial charge in [-0.3, -0.25) is 14.5 Å². The molecule has 7 nitrogen and oxygen atoms in total. The van der Waals surface area contributed by atoms with E-state index in [1.807, 2.05) is 16.8 Å². The van der Waals surface area contributed by atoms with E-state index in [1.54, 1.807) is 35.1 Å². The van der Waals surface area contributed by atoms with Crippen LogP contribution in [-0.4, -0.2) is 54.2 Å². The number of thioether (sulfide) groups is 1. The van der Waals surface area contributed by atoms with Crippen LogP contribution in [-0.2, 0) is 19.7 Å². The Kier molecular flexibility index (Phi) is 7.92. The Morgan fingerprint density at radius 3 is 2.67 bits per heavy atom. The maximum atomic E-state index is 13.6. The largest absolute Gasteiger partial charge is 0.383 e. The third-order valence-corrected chi connectivity index (χ3v) is 8.43. The summed E-state index contributed by atoms with van der Waals surface area (Å²) in [5.74, 6) is 0.631. The number of aromatic nitrogens is 2. The number of benzene rings is 1. The van der Waals surface area contributed by atoms with Gasteiger partial charge >= 0.3 is 0 Å². The fourth-order valence-electron chi connectivity index (χ4n) is 4.44. The molecule has 9 heteroatoms. The molecule has 3 aromatic rings. The van der Waals surface area contributed by atoms with Crippen LogP contribution >= 0.6 is 23.1 Å². The Hall–Kier alpha value is -2.62. The smallest absolute Gasteiger partial charge is 0.240 e. The molecule has 1 aromatic carbocycles. The van der Waals surface area contributed by atoms with Crippen molar-refractivity contribution < 1.29 is 14.3 Å². The van der Waals surface area contributed by atoms with Crippen molar-refractivity contribution in [2.45, 2.75) is 45.3 Å². The van der Waals surface area contributed by atoms with Crippen LogP contribution in [0.1, 0.15) is 53.3 Å². The Morgan fingerprint density at radius 2 is 2.03 bits per heavy atom. The number of methoxy groups -OCH3 is 1. The van der Waals surface area contributed by atoms with E-state index in [-0.39, 0.29) is 34.8 Å². The molecule has 1 atom stereocenters. The van der Waals surface area contributed by atoms with Gasteiger partial charge in [0.2, 0.25) is 11.8 Å². The van der Waals surface area contributed by atoms with Crippen molar-refractivity contribution in [1.82, 2.24) is 15.1 Å². The van der Waals surface area contributed by atoms with Crippen LogP contribution in [0, 0.1) is 13.8 Å². The lowest BCUT2D eigenvalue weighted by molar-refractivity contribution is -0.123. The van der Waals surface area contributed by atoms with E-state index >= 15 is 0 Å². The van der Waals surface area contributed by atoms with Crippen LogP contribution in [0.15, 0.2) is 35.7 Å². The fourth-order valence-corrected chi connectivity index (χ4v) is 6.62. The van der Waals surface area contributed by atoms with E-state index in [0.717, 1.165) is 28.1 Å². The zero-order chi connectivity index (χ0) is 26.0. The molecule has 0 bridgehead atoms. The second-order valence-electron chi connectivity index (χ2n) is 10.1. The lowest BCUT2D eigenvalue weighted by Crippen LogP contribution is -2.43. The third kappa shape index (κ3) is 5.38. The van der Waals surface area contributed by atoms with Gasteiger partial charge < -0.3 is 10.1 Å². The van der Waals surface area contributed by atoms with Gasteiger partial charge in [0.05, 0.1) is 29.0 Å². The molecule has 0 aliphatic carbocycles. The van der Waals surface area contributed by atoms with Crippen molar-refractivity contribution in [2.75, 3.05) is 37.5 Å². The van der Waals surface area contributed by atoms with Crippen molar-refractivity contribution >= 4 is 40.7 Å². The average molecular weight is 527 g/mol. The van der Waals surface area contributed by atoms with E-state index in [1.165, 1.54) is 4.88 Å². The number of carbonyl (C=O) groups is 2. The van der Waals surface area contributed by atoms with Crippen LogP contribution in [0.5, 0.6) is 0 Å². The van der Waals surface area contributed by atoms with Gasteiger partial charge in [-0.05, 0) is 36.9 Å². The molecule has 2 amide bonds. The minimum Gasteiger partial charge on any atom is -0.383 e. The number of thiophene rings is 1. The molecule has 0 saturated carbocycles. The van der Waals surface area contributed by atoms with Crippen molar-refractivity contribution in [3.05, 3.63) is 63.0 Å². The van der Waals surface area contributed by atoms with Gasteiger partial charge in [0, 0.05) is 29.5 Å². The van der Waals surface area contributed by atoms with Gasteiger partial charge in [-0.2, -0.15) is 5.10 Å². The topological polar surface area (TPSA) is 76.5 Å². The van der Waals surface area contributed by atoms with Crippen LogP contribution < -0.4 is 10.2 Å². The van der Waals surface area contributed by atoms with Gasteiger partial charge in [0.25, 0.3) is 0 Å². The van der Waals surface area contributed by atoms with E-state index in [0.29, 0.717) is 19.0 Å². The lowest BCUT2D eigenvalue weighted by atomic mass is 9.88. The molecule has 1 aliphatic rings. The minimum absolute atomic E-state index is 0.0563. The number of rotatable bonds is 7. The van der Waals surface area contributed by atoms with E-state index in [9.17, 15) is 9.59 Å². The van der Waals surface area contributed by atoms with Crippen LogP contribution in [0.25, 0.3) is 5.69 Å². The van der Waals surface area contributed by atoms with Crippen molar-refractivity contribution in [3.63, 3.8) is 0 Å². The normalized spacial score (nSPS) is 16.1. The Labute approximate surface area is 221 Å². The highest BCUT2D eigenvalue weighted by molar-refractivity contribution is 8.00. The molecule has 0 fully saturated rings. The summed E-state index contributed by atoms with van der Waals surface area (Å²) >= 11 is 3.29. The third-order valence-electron chi connectivity index (χ3n) is 6.11. The number of ether oxygens (including phenoxy) is 1. The number of anilines is 1. The number of fused-ring (bicyclic) bond motifs is 1. The van der Waals surface area contributed by atoms with Crippen molar-refractivity contribution in [3.8, 4) is 5.69 Å². The van der Waals surface area contributed by atoms with Gasteiger partial charge in [-0.25, -0.2) is 4.68 Å². The summed E-state index contributed by atoms with van der Waals surface area (Å²) in [6.07, 6.45) is 0. The summed E-state index contributed by atoms with van der Waals surface area (Å²) in [5.41, 5.74) is 4.78. The molecular weight excluding hydrogens is 492 g/mol. The zero-order valence-corrected chi connectivity index (χ0v) is 23.4. The molecule has 2 aromatic heterocycles. The summed E-state index contributed by atoms with van der Waals surface area (Å²) in [5, 5.41) is 10.0. The van der Waals surface area contributed by atoms with E-state index in [4.69, 9.17) is 9.84 Å². The molecule has 3 heterocycles. The Bertz CT molecular complexity index is 1240. The highest BCUT2D eigenvalue weighted by Gasteiger charge is 2.40. The molecule has 4 rings (SSSR count). The average Bonchev–Trinajstić information content (AvgIpc) is 3.44. The molecule has 36 heavy (non-hydrogen) atoms. The number of aryl methyl sites for hydroxylation is 2. The summed E-state index contributed by atoms with van der Waals surface area (Å²) in [7, 11) is 1.59. The fraction of sp³-hybridized carbons (Fsp3) is 0.444. The molecular formula is C27H34N4O3S2. The highest BCUT2D eigenvalue weighted by atomic mass is 32.2. The number of hydrogen-bond acceptors (Lipinski definition) is 6. The Balaban J connectivity index is 1.96. The van der Waals surface area contributed by atoms with Gasteiger partial charge in [-0.15, -0.1) is 23.1 Å². The maximum absolute atomic E-state index is 13.6. The molecule has 0 spiro atoms. The number of nitrogens with zero attached hydrogens (tertiary/aromatic N) is 3. The molecule has 0 unspecified atom stereocenters. The highest BCUT2D eigenvalue weighted by Crippen LogP contribution is 2.49. The van der Waals surface area contributed by atoms with Crippen LogP contribution in [0.2, 0.25) is 0 Å². The molecule has 1 N–H and O–H groups in total. The van der Waals surface area contributed by atoms with Crippen LogP contribution in [0.3, 0.4) is 0 Å². The first kappa shape index (κ1) is 26.4. The van der Waals surface area contributed by atoms with E-state index in [2.05, 4.69) is 63.5 Å². The molecule has 192 valence electrons. The first-order chi connectivity index (χ1) is 17.1. The zero-order valence-electron chi connectivity index (χ0n) is 21.8. The number of amides is 2. The van der Waals surface area contributed by atoms with E-state index < -0.39 is 0 Å². The predicted octanol–water partition coefficient (Wildman–Crippen LogP) is 4.78. The number of carbonyl (C=O) groups excluding carboxylic acids is 2. The summed E-state index contributed by atoms with van der Waals surface area (Å²) in [4.78, 5) is 29.3. The van der Waals surface area contributed by atoms with Gasteiger partial charge in [-0.1, -0.05) is 44.5 Å². The quantitative estimate of drug-likeness (QED) is 0.449. The minimum atomic E-state index is -0.274. The molecule has 0 saturated heterocycles. The van der Waals surface area contributed by atoms with Gasteiger partial charge in [0.15, 0.2) is 0 Å². The number of hydrogen-bond donors (Lipinski definition) is 1. The summed E-state index contributed by atoms with van der Waals surface area (Å²) in [6, 6.07) is 10.4. The van der Waals surface area contributed by atoms with Crippen LogP contribution in [0.4, 0.5) is 5.82 Å². The number of nitrogens with one attached hydrogen (secondary N) is 1. The second kappa shape index (κ2) is 10.8. The van der Waals surface area contributed by atoms with Crippen molar-refractivity contribution in [1.29, 1.82) is 0 Å². The first-order valence-electron chi connectivity index (χ1n) is 12.0. The lowest BCUT2D eigenvalue weighted by Gasteiger charge is -2.24. The monoisotopic (exact) mass is 526 g/mol. The summed E-state index contributed by atoms with van der Waals surface area (Å²) in [6.45, 7) is 11.3. The molecule has 0 radical (unpaired) electrons. The van der Waals surface area contributed by atoms with Crippen molar-refractivity contribution in [2.24, 2.45) is 0 Å². The first-order valence-corrected chi connectivity index (χ1v) is 14.0. The maximum Gasteiger partial charge on any atom is 0.240 e. The second-order valence-corrected chi connectivity index (χ2v) is 12.1. The Morgan fingerprint density at radius 1 is 1.25 bits per heavy atom.